The van der Waals surface area contributed by atoms with E-state index in [4.69, 9.17) is 0 Å². The maximum atomic E-state index is 2.61. The van der Waals surface area contributed by atoms with Gasteiger partial charge in [0.25, 0.3) is 0 Å². The van der Waals surface area contributed by atoms with E-state index >= 15 is 0 Å². The molecule has 120 valence electrons. The van der Waals surface area contributed by atoms with Crippen LogP contribution < -0.4 is 0 Å². The molecule has 0 amide bonds. The second kappa shape index (κ2) is 6.43. The van der Waals surface area contributed by atoms with Gasteiger partial charge in [-0.05, 0) is 76.0 Å². The quantitative estimate of drug-likeness (QED) is 0.858. The van der Waals surface area contributed by atoms with E-state index in [1.54, 1.807) is 0 Å². The van der Waals surface area contributed by atoms with Crippen LogP contribution in [0.5, 0.6) is 0 Å². The van der Waals surface area contributed by atoms with Crippen LogP contribution in [-0.2, 0) is 13.6 Å². The first-order valence-corrected chi connectivity index (χ1v) is 8.47. The van der Waals surface area contributed by atoms with Crippen LogP contribution in [0.25, 0.3) is 10.9 Å². The van der Waals surface area contributed by atoms with Gasteiger partial charge in [0.1, 0.15) is 0 Å². The number of likely N-dealkylation sites (tertiary alicyclic amines) is 1. The molecule has 1 aromatic carbocycles. The highest BCUT2D eigenvalue weighted by atomic mass is 15.1. The second-order valence-electron chi connectivity index (χ2n) is 7.14. The molecule has 1 aliphatic heterocycles. The van der Waals surface area contributed by atoms with Crippen LogP contribution in [0.15, 0.2) is 30.5 Å². The predicted octanol–water partition coefficient (Wildman–Crippen LogP) is 3.34. The molecule has 0 bridgehead atoms. The molecule has 0 unspecified atom stereocenters. The number of nitrogens with zero attached hydrogens (tertiary/aromatic N) is 3. The van der Waals surface area contributed by atoms with Crippen LogP contribution in [-0.4, -0.2) is 47.6 Å². The van der Waals surface area contributed by atoms with Crippen molar-refractivity contribution in [3.05, 3.63) is 36.0 Å². The lowest BCUT2D eigenvalue weighted by Gasteiger charge is -2.37. The average Bonchev–Trinajstić information content (AvgIpc) is 2.88. The Hall–Kier alpha value is -1.32. The van der Waals surface area contributed by atoms with Gasteiger partial charge in [0.2, 0.25) is 0 Å². The lowest BCUT2D eigenvalue weighted by atomic mass is 9.89. The number of piperidine rings is 1. The summed E-state index contributed by atoms with van der Waals surface area (Å²) in [6.07, 6.45) is 4.79. The van der Waals surface area contributed by atoms with Crippen molar-refractivity contribution in [1.82, 2.24) is 14.4 Å². The van der Waals surface area contributed by atoms with Crippen molar-refractivity contribution >= 4 is 10.9 Å². The molecule has 0 radical (unpaired) electrons. The monoisotopic (exact) mass is 299 g/mol. The number of hydrogen-bond acceptors (Lipinski definition) is 2. The molecule has 0 spiro atoms. The molecule has 3 nitrogen and oxygen atoms in total. The van der Waals surface area contributed by atoms with Crippen LogP contribution in [0, 0.1) is 5.92 Å². The average molecular weight is 299 g/mol. The largest absolute Gasteiger partial charge is 0.351 e. The molecule has 3 heteroatoms. The molecule has 1 fully saturated rings. The van der Waals surface area contributed by atoms with Gasteiger partial charge >= 0.3 is 0 Å². The van der Waals surface area contributed by atoms with E-state index in [0.29, 0.717) is 6.04 Å². The number of rotatable bonds is 4. The van der Waals surface area contributed by atoms with Gasteiger partial charge in [0.15, 0.2) is 0 Å². The Morgan fingerprint density at radius 1 is 1.18 bits per heavy atom. The Kier molecular flexibility index (Phi) is 4.55. The third kappa shape index (κ3) is 3.21. The first-order valence-electron chi connectivity index (χ1n) is 8.47. The molecule has 2 aromatic rings. The second-order valence-corrected chi connectivity index (χ2v) is 7.14. The zero-order chi connectivity index (χ0) is 15.7. The van der Waals surface area contributed by atoms with Crippen molar-refractivity contribution in [1.29, 1.82) is 0 Å². The van der Waals surface area contributed by atoms with E-state index in [1.807, 2.05) is 0 Å². The summed E-state index contributed by atoms with van der Waals surface area (Å²) < 4.78 is 2.21. The van der Waals surface area contributed by atoms with Gasteiger partial charge in [0.05, 0.1) is 0 Å². The molecule has 3 rings (SSSR count). The Bertz CT molecular complexity index is 621. The van der Waals surface area contributed by atoms with Gasteiger partial charge in [-0.1, -0.05) is 12.1 Å². The van der Waals surface area contributed by atoms with E-state index < -0.39 is 0 Å². The van der Waals surface area contributed by atoms with Crippen molar-refractivity contribution in [2.75, 3.05) is 27.2 Å². The third-order valence-electron chi connectivity index (χ3n) is 5.49. The topological polar surface area (TPSA) is 11.4 Å². The minimum Gasteiger partial charge on any atom is -0.351 e. The van der Waals surface area contributed by atoms with E-state index in [0.717, 1.165) is 12.5 Å². The number of aromatic nitrogens is 1. The summed E-state index contributed by atoms with van der Waals surface area (Å²) in [5.74, 6) is 0.849. The van der Waals surface area contributed by atoms with Crippen LogP contribution in [0.2, 0.25) is 0 Å². The zero-order valence-corrected chi connectivity index (χ0v) is 14.4. The SMILES string of the molecule is C[C@H](C1CCN(Cc2ccc3ccn(C)c3c2)CC1)N(C)C. The van der Waals surface area contributed by atoms with Gasteiger partial charge in [-0.15, -0.1) is 0 Å². The van der Waals surface area contributed by atoms with E-state index in [1.165, 1.54) is 42.4 Å². The lowest BCUT2D eigenvalue weighted by molar-refractivity contribution is 0.121. The molecular formula is C19H29N3. The van der Waals surface area contributed by atoms with Crippen molar-refractivity contribution in [2.24, 2.45) is 13.0 Å². The normalized spacial score (nSPS) is 19.1. The Morgan fingerprint density at radius 3 is 2.59 bits per heavy atom. The maximum Gasteiger partial charge on any atom is 0.0480 e. The molecule has 0 saturated carbocycles. The fourth-order valence-electron chi connectivity index (χ4n) is 3.68. The molecule has 22 heavy (non-hydrogen) atoms. The summed E-state index contributed by atoms with van der Waals surface area (Å²) in [6, 6.07) is 9.78. The van der Waals surface area contributed by atoms with Crippen molar-refractivity contribution in [3.63, 3.8) is 0 Å². The van der Waals surface area contributed by atoms with Gasteiger partial charge < -0.3 is 9.47 Å². The highest BCUT2D eigenvalue weighted by Gasteiger charge is 2.24. The smallest absolute Gasteiger partial charge is 0.0480 e. The van der Waals surface area contributed by atoms with Crippen molar-refractivity contribution < 1.29 is 0 Å². The minimum absolute atomic E-state index is 0.696. The zero-order valence-electron chi connectivity index (χ0n) is 14.4. The Morgan fingerprint density at radius 2 is 1.91 bits per heavy atom. The summed E-state index contributed by atoms with van der Waals surface area (Å²) in [5.41, 5.74) is 2.78. The summed E-state index contributed by atoms with van der Waals surface area (Å²) >= 11 is 0. The third-order valence-corrected chi connectivity index (χ3v) is 5.49. The fraction of sp³-hybridized carbons (Fsp3) is 0.579. The predicted molar refractivity (Wildman–Crippen MR) is 94.1 cm³/mol. The molecule has 1 aliphatic rings. The number of aryl methyl sites for hydroxylation is 1. The van der Waals surface area contributed by atoms with Crippen LogP contribution in [0.3, 0.4) is 0 Å². The van der Waals surface area contributed by atoms with Crippen LogP contribution in [0.1, 0.15) is 25.3 Å². The summed E-state index contributed by atoms with van der Waals surface area (Å²) in [4.78, 5) is 4.98. The highest BCUT2D eigenvalue weighted by molar-refractivity contribution is 5.80. The number of hydrogen-bond donors (Lipinski definition) is 0. The Labute approximate surface area is 134 Å². The first-order chi connectivity index (χ1) is 10.5. The summed E-state index contributed by atoms with van der Waals surface area (Å²) in [5, 5.41) is 1.34. The van der Waals surface area contributed by atoms with E-state index in [9.17, 15) is 0 Å². The highest BCUT2D eigenvalue weighted by Crippen LogP contribution is 2.25. The van der Waals surface area contributed by atoms with E-state index in [2.05, 4.69) is 72.9 Å². The Balaban J connectivity index is 1.61. The molecule has 0 N–H and O–H groups in total. The standard InChI is InChI=1S/C19H29N3/c1-15(20(2)3)17-8-11-22(12-9-17)14-16-5-6-18-7-10-21(4)19(18)13-16/h5-7,10,13,15,17H,8-9,11-12,14H2,1-4H3/t15-/m1/s1. The molecule has 2 heterocycles. The molecular weight excluding hydrogens is 270 g/mol. The minimum atomic E-state index is 0.696. The van der Waals surface area contributed by atoms with Gasteiger partial charge in [-0.3, -0.25) is 4.90 Å². The van der Waals surface area contributed by atoms with Crippen LogP contribution in [0.4, 0.5) is 0 Å². The van der Waals surface area contributed by atoms with Gasteiger partial charge in [-0.25, -0.2) is 0 Å². The number of benzene rings is 1. The first kappa shape index (κ1) is 15.6. The molecule has 0 aliphatic carbocycles. The van der Waals surface area contributed by atoms with Crippen molar-refractivity contribution in [2.45, 2.75) is 32.4 Å². The molecule has 1 aromatic heterocycles. The molecule has 1 saturated heterocycles. The van der Waals surface area contributed by atoms with Gasteiger partial charge in [0, 0.05) is 31.3 Å². The summed E-state index contributed by atoms with van der Waals surface area (Å²) in [6.45, 7) is 5.91. The van der Waals surface area contributed by atoms with E-state index in [-0.39, 0.29) is 0 Å². The maximum absolute atomic E-state index is 2.61. The summed E-state index contributed by atoms with van der Waals surface area (Å²) in [7, 11) is 6.53. The van der Waals surface area contributed by atoms with Crippen molar-refractivity contribution in [3.8, 4) is 0 Å². The fourth-order valence-corrected chi connectivity index (χ4v) is 3.68. The lowest BCUT2D eigenvalue weighted by Crippen LogP contribution is -2.41. The molecule has 1 atom stereocenters. The van der Waals surface area contributed by atoms with Crippen LogP contribution >= 0.6 is 0 Å². The van der Waals surface area contributed by atoms with Gasteiger partial charge in [-0.2, -0.15) is 0 Å². The number of fused-ring (bicyclic) bond motifs is 1.